The molecule has 4 rings (SSSR count). The van der Waals surface area contributed by atoms with E-state index in [0.717, 1.165) is 12.8 Å². The van der Waals surface area contributed by atoms with Gasteiger partial charge in [0.05, 0.1) is 0 Å². The lowest BCUT2D eigenvalue weighted by Crippen LogP contribution is -2.38. The summed E-state index contributed by atoms with van der Waals surface area (Å²) in [7, 11) is 0. The summed E-state index contributed by atoms with van der Waals surface area (Å²) in [6, 6.07) is 9.19. The zero-order chi connectivity index (χ0) is 19.3. The molecular formula is C20H19FN4O3. The highest BCUT2D eigenvalue weighted by Gasteiger charge is 2.27. The van der Waals surface area contributed by atoms with Gasteiger partial charge in [-0.25, -0.2) is 4.39 Å². The maximum atomic E-state index is 12.9. The molecule has 3 aromatic rings. The number of hydrogen-bond acceptors (Lipinski definition) is 6. The van der Waals surface area contributed by atoms with Crippen molar-refractivity contribution >= 4 is 5.91 Å². The average molecular weight is 382 g/mol. The molecule has 0 N–H and O–H groups in total. The first kappa shape index (κ1) is 18.1. The molecule has 0 aliphatic carbocycles. The third-order valence-corrected chi connectivity index (χ3v) is 4.73. The monoisotopic (exact) mass is 382 g/mol. The fraction of sp³-hybridized carbons (Fsp3) is 0.300. The number of piperidine rings is 1. The molecule has 28 heavy (non-hydrogen) atoms. The molecule has 3 heterocycles. The van der Waals surface area contributed by atoms with E-state index in [1.807, 2.05) is 4.90 Å². The molecule has 0 bridgehead atoms. The van der Waals surface area contributed by atoms with Crippen LogP contribution in [0.5, 0.6) is 5.75 Å². The lowest BCUT2D eigenvalue weighted by Gasteiger charge is -2.30. The summed E-state index contributed by atoms with van der Waals surface area (Å²) in [5, 5.41) is 4.06. The van der Waals surface area contributed by atoms with Crippen LogP contribution in [-0.4, -0.2) is 39.0 Å². The van der Waals surface area contributed by atoms with E-state index >= 15 is 0 Å². The van der Waals surface area contributed by atoms with Gasteiger partial charge in [0.15, 0.2) is 12.4 Å². The first-order valence-electron chi connectivity index (χ1n) is 9.09. The number of benzene rings is 1. The number of amides is 1. The van der Waals surface area contributed by atoms with Crippen LogP contribution in [0.1, 0.15) is 40.8 Å². The predicted octanol–water partition coefficient (Wildman–Crippen LogP) is 3.20. The Morgan fingerprint density at radius 1 is 1.14 bits per heavy atom. The number of likely N-dealkylation sites (tertiary alicyclic amines) is 1. The van der Waals surface area contributed by atoms with Gasteiger partial charge in [-0.1, -0.05) is 5.16 Å². The maximum absolute atomic E-state index is 12.9. The zero-order valence-electron chi connectivity index (χ0n) is 15.1. The quantitative estimate of drug-likeness (QED) is 0.674. The van der Waals surface area contributed by atoms with Crippen molar-refractivity contribution in [2.45, 2.75) is 25.4 Å². The molecular weight excluding hydrogens is 363 g/mol. The second-order valence-corrected chi connectivity index (χ2v) is 6.59. The highest BCUT2D eigenvalue weighted by molar-refractivity contribution is 5.94. The largest absolute Gasteiger partial charge is 0.484 e. The molecule has 0 spiro atoms. The highest BCUT2D eigenvalue weighted by Crippen LogP contribution is 2.27. The molecule has 0 atom stereocenters. The molecule has 0 saturated carbocycles. The minimum absolute atomic E-state index is 0.0161. The summed E-state index contributed by atoms with van der Waals surface area (Å²) in [4.78, 5) is 22.7. The van der Waals surface area contributed by atoms with Gasteiger partial charge in [-0.05, 0) is 49.2 Å². The fourth-order valence-corrected chi connectivity index (χ4v) is 3.19. The molecule has 1 aliphatic rings. The minimum Gasteiger partial charge on any atom is -0.484 e. The topological polar surface area (TPSA) is 81.4 Å². The molecule has 1 aliphatic heterocycles. The molecule has 7 nitrogen and oxygen atoms in total. The van der Waals surface area contributed by atoms with E-state index in [-0.39, 0.29) is 24.2 Å². The summed E-state index contributed by atoms with van der Waals surface area (Å²) in [5.41, 5.74) is 0.647. The van der Waals surface area contributed by atoms with Crippen molar-refractivity contribution < 1.29 is 18.4 Å². The van der Waals surface area contributed by atoms with Gasteiger partial charge in [0.1, 0.15) is 11.6 Å². The molecule has 2 aromatic heterocycles. The number of carbonyl (C=O) groups excluding carboxylic acids is 1. The van der Waals surface area contributed by atoms with Crippen LogP contribution < -0.4 is 4.74 Å². The Balaban J connectivity index is 1.30. The Hall–Kier alpha value is -3.29. The van der Waals surface area contributed by atoms with Crippen LogP contribution in [-0.2, 0) is 6.61 Å². The Labute approximate surface area is 161 Å². The lowest BCUT2D eigenvalue weighted by atomic mass is 9.96. The Kier molecular flexibility index (Phi) is 5.27. The Morgan fingerprint density at radius 2 is 1.86 bits per heavy atom. The molecule has 1 aromatic carbocycles. The first-order chi connectivity index (χ1) is 13.7. The number of halogens is 1. The van der Waals surface area contributed by atoms with E-state index in [1.165, 1.54) is 12.1 Å². The van der Waals surface area contributed by atoms with Gasteiger partial charge in [-0.15, -0.1) is 0 Å². The van der Waals surface area contributed by atoms with Crippen molar-refractivity contribution in [3.05, 3.63) is 71.9 Å². The second kappa shape index (κ2) is 8.16. The zero-order valence-corrected chi connectivity index (χ0v) is 15.1. The van der Waals surface area contributed by atoms with Gasteiger partial charge in [-0.2, -0.15) is 4.98 Å². The number of hydrogen-bond donors (Lipinski definition) is 0. The fourth-order valence-electron chi connectivity index (χ4n) is 3.19. The van der Waals surface area contributed by atoms with Gasteiger partial charge in [0.2, 0.25) is 0 Å². The number of carbonyl (C=O) groups is 1. The van der Waals surface area contributed by atoms with E-state index in [9.17, 15) is 9.18 Å². The van der Waals surface area contributed by atoms with E-state index in [1.54, 1.807) is 36.7 Å². The summed E-state index contributed by atoms with van der Waals surface area (Å²) in [5.74, 6) is 1.38. The average Bonchev–Trinajstić information content (AvgIpc) is 3.23. The van der Waals surface area contributed by atoms with Crippen LogP contribution in [0.4, 0.5) is 4.39 Å². The Bertz CT molecular complexity index is 922. The summed E-state index contributed by atoms with van der Waals surface area (Å²) in [6.45, 7) is 1.40. The third kappa shape index (κ3) is 4.16. The maximum Gasteiger partial charge on any atom is 0.264 e. The normalized spacial score (nSPS) is 14.8. The number of ether oxygens (including phenoxy) is 1. The molecule has 1 fully saturated rings. The van der Waals surface area contributed by atoms with Crippen molar-refractivity contribution in [2.24, 2.45) is 0 Å². The molecule has 144 valence electrons. The van der Waals surface area contributed by atoms with E-state index < -0.39 is 0 Å². The summed E-state index contributed by atoms with van der Waals surface area (Å²) < 4.78 is 23.7. The highest BCUT2D eigenvalue weighted by atomic mass is 19.1. The molecule has 1 saturated heterocycles. The number of rotatable bonds is 5. The van der Waals surface area contributed by atoms with Gasteiger partial charge < -0.3 is 14.2 Å². The van der Waals surface area contributed by atoms with Crippen LogP contribution >= 0.6 is 0 Å². The van der Waals surface area contributed by atoms with Crippen LogP contribution in [0.2, 0.25) is 0 Å². The van der Waals surface area contributed by atoms with Crippen LogP contribution in [0.15, 0.2) is 53.3 Å². The van der Waals surface area contributed by atoms with Crippen LogP contribution in [0.3, 0.4) is 0 Å². The Morgan fingerprint density at radius 3 is 2.57 bits per heavy atom. The van der Waals surface area contributed by atoms with E-state index in [2.05, 4.69) is 15.1 Å². The lowest BCUT2D eigenvalue weighted by molar-refractivity contribution is 0.0710. The van der Waals surface area contributed by atoms with Crippen molar-refractivity contribution in [2.75, 3.05) is 13.1 Å². The number of pyridine rings is 1. The molecule has 0 unspecified atom stereocenters. The van der Waals surface area contributed by atoms with Crippen molar-refractivity contribution in [3.63, 3.8) is 0 Å². The smallest absolute Gasteiger partial charge is 0.264 e. The van der Waals surface area contributed by atoms with Crippen LogP contribution in [0, 0.1) is 5.82 Å². The van der Waals surface area contributed by atoms with E-state index in [0.29, 0.717) is 36.1 Å². The van der Waals surface area contributed by atoms with Crippen molar-refractivity contribution in [3.8, 4) is 5.75 Å². The second-order valence-electron chi connectivity index (χ2n) is 6.59. The van der Waals surface area contributed by atoms with Gasteiger partial charge in [0.25, 0.3) is 11.8 Å². The first-order valence-corrected chi connectivity index (χ1v) is 9.09. The predicted molar refractivity (Wildman–Crippen MR) is 97.1 cm³/mol. The standard InChI is InChI=1S/C20H19FN4O3/c21-16-1-3-17(4-2-16)27-13-18-23-19(24-28-18)14-7-11-25(12-8-14)20(26)15-5-9-22-10-6-15/h1-6,9-10,14H,7-8,11-13H2. The third-order valence-electron chi connectivity index (χ3n) is 4.73. The van der Waals surface area contributed by atoms with Crippen molar-refractivity contribution in [1.29, 1.82) is 0 Å². The van der Waals surface area contributed by atoms with Crippen LogP contribution in [0.25, 0.3) is 0 Å². The van der Waals surface area contributed by atoms with Crippen molar-refractivity contribution in [1.82, 2.24) is 20.0 Å². The SMILES string of the molecule is O=C(c1ccncc1)N1CCC(c2noc(COc3ccc(F)cc3)n2)CC1. The minimum atomic E-state index is -0.318. The summed E-state index contributed by atoms with van der Waals surface area (Å²) in [6.07, 6.45) is 4.78. The van der Waals surface area contributed by atoms with Gasteiger partial charge in [-0.3, -0.25) is 9.78 Å². The van der Waals surface area contributed by atoms with Gasteiger partial charge >= 0.3 is 0 Å². The van der Waals surface area contributed by atoms with Gasteiger partial charge in [0, 0.05) is 37.0 Å². The molecule has 0 radical (unpaired) electrons. The number of nitrogens with zero attached hydrogens (tertiary/aromatic N) is 4. The summed E-state index contributed by atoms with van der Waals surface area (Å²) >= 11 is 0. The number of aromatic nitrogens is 3. The molecule has 8 heteroatoms. The van der Waals surface area contributed by atoms with E-state index in [4.69, 9.17) is 9.26 Å². The molecule has 1 amide bonds.